The Morgan fingerprint density at radius 2 is 1.89 bits per heavy atom. The van der Waals surface area contributed by atoms with Gasteiger partial charge in [0.1, 0.15) is 0 Å². The third kappa shape index (κ3) is 4.10. The highest BCUT2D eigenvalue weighted by atomic mass is 32.2. The molecule has 100 valence electrons. The number of sulfonamides is 1. The van der Waals surface area contributed by atoms with Crippen LogP contribution in [-0.2, 0) is 21.2 Å². The third-order valence-electron chi connectivity index (χ3n) is 2.37. The van der Waals surface area contributed by atoms with Gasteiger partial charge in [-0.2, -0.15) is 0 Å². The van der Waals surface area contributed by atoms with Crippen LogP contribution in [0.1, 0.15) is 5.56 Å². The van der Waals surface area contributed by atoms with Gasteiger partial charge >= 0.3 is 0 Å². The minimum Gasteiger partial charge on any atom is -0.358 e. The van der Waals surface area contributed by atoms with Gasteiger partial charge in [-0.15, -0.1) is 0 Å². The van der Waals surface area contributed by atoms with Gasteiger partial charge in [-0.3, -0.25) is 4.79 Å². The number of rotatable bonds is 6. The lowest BCUT2D eigenvalue weighted by Gasteiger charge is -2.06. The number of nitrogens with two attached hydrogens (primary N) is 1. The van der Waals surface area contributed by atoms with Crippen molar-refractivity contribution >= 4 is 15.9 Å². The standard InChI is InChI=1S/C11H17N3O3S/c1-13-11(15)8-14-18(16,17)10-4-2-9(3-5-10)6-7-12/h2-5,14H,6-8,12H2,1H3,(H,13,15). The Bertz CT molecular complexity index is 497. The Morgan fingerprint density at radius 1 is 1.28 bits per heavy atom. The molecule has 1 amide bonds. The molecule has 0 bridgehead atoms. The Balaban J connectivity index is 2.75. The predicted molar refractivity (Wildman–Crippen MR) is 68.5 cm³/mol. The molecule has 0 aromatic heterocycles. The van der Waals surface area contributed by atoms with E-state index >= 15 is 0 Å². The fourth-order valence-corrected chi connectivity index (χ4v) is 2.32. The van der Waals surface area contributed by atoms with Gasteiger partial charge in [-0.1, -0.05) is 12.1 Å². The van der Waals surface area contributed by atoms with E-state index in [9.17, 15) is 13.2 Å². The normalized spacial score (nSPS) is 11.2. The first-order chi connectivity index (χ1) is 8.49. The largest absolute Gasteiger partial charge is 0.358 e. The number of carbonyl (C=O) groups is 1. The molecule has 0 aliphatic carbocycles. The number of likely N-dealkylation sites (N-methyl/N-ethyl adjacent to an activating group) is 1. The van der Waals surface area contributed by atoms with Crippen molar-refractivity contribution in [3.8, 4) is 0 Å². The monoisotopic (exact) mass is 271 g/mol. The van der Waals surface area contributed by atoms with E-state index in [1.54, 1.807) is 12.1 Å². The highest BCUT2D eigenvalue weighted by Crippen LogP contribution is 2.10. The zero-order valence-corrected chi connectivity index (χ0v) is 11.0. The van der Waals surface area contributed by atoms with E-state index in [1.165, 1.54) is 19.2 Å². The maximum Gasteiger partial charge on any atom is 0.241 e. The average molecular weight is 271 g/mol. The summed E-state index contributed by atoms with van der Waals surface area (Å²) >= 11 is 0. The summed E-state index contributed by atoms with van der Waals surface area (Å²) in [6.07, 6.45) is 0.700. The quantitative estimate of drug-likeness (QED) is 0.631. The molecule has 0 radical (unpaired) electrons. The van der Waals surface area contributed by atoms with Gasteiger partial charge in [0.15, 0.2) is 0 Å². The van der Waals surface area contributed by atoms with Crippen LogP contribution in [0.15, 0.2) is 29.2 Å². The van der Waals surface area contributed by atoms with Gasteiger partial charge in [0.25, 0.3) is 0 Å². The first-order valence-corrected chi connectivity index (χ1v) is 6.97. The Labute approximate surface area is 107 Å². The van der Waals surface area contributed by atoms with E-state index < -0.39 is 15.9 Å². The minimum absolute atomic E-state index is 0.132. The maximum absolute atomic E-state index is 11.8. The molecule has 1 aromatic carbocycles. The van der Waals surface area contributed by atoms with Crippen LogP contribution in [0.4, 0.5) is 0 Å². The molecule has 7 heteroatoms. The lowest BCUT2D eigenvalue weighted by Crippen LogP contribution is -2.35. The molecule has 0 aliphatic rings. The van der Waals surface area contributed by atoms with Gasteiger partial charge in [0, 0.05) is 7.05 Å². The number of hydrogen-bond donors (Lipinski definition) is 3. The van der Waals surface area contributed by atoms with Crippen LogP contribution < -0.4 is 15.8 Å². The predicted octanol–water partition coefficient (Wildman–Crippen LogP) is -0.788. The van der Waals surface area contributed by atoms with E-state index in [1.807, 2.05) is 0 Å². The second-order valence-electron chi connectivity index (χ2n) is 3.68. The SMILES string of the molecule is CNC(=O)CNS(=O)(=O)c1ccc(CCN)cc1. The van der Waals surface area contributed by atoms with Gasteiger partial charge in [-0.05, 0) is 30.7 Å². The van der Waals surface area contributed by atoms with Crippen LogP contribution in [-0.4, -0.2) is 34.5 Å². The lowest BCUT2D eigenvalue weighted by molar-refractivity contribution is -0.119. The molecule has 4 N–H and O–H groups in total. The van der Waals surface area contributed by atoms with E-state index in [0.29, 0.717) is 13.0 Å². The molecule has 0 atom stereocenters. The van der Waals surface area contributed by atoms with Crippen LogP contribution in [0, 0.1) is 0 Å². The van der Waals surface area contributed by atoms with Crippen molar-refractivity contribution in [2.24, 2.45) is 5.73 Å². The molecular weight excluding hydrogens is 254 g/mol. The van der Waals surface area contributed by atoms with Gasteiger partial charge in [0.2, 0.25) is 15.9 Å². The van der Waals surface area contributed by atoms with Crippen molar-refractivity contribution in [3.05, 3.63) is 29.8 Å². The Kier molecular flexibility index (Phi) is 5.26. The second kappa shape index (κ2) is 6.48. The van der Waals surface area contributed by atoms with Crippen molar-refractivity contribution in [1.82, 2.24) is 10.0 Å². The Morgan fingerprint density at radius 3 is 2.39 bits per heavy atom. The number of benzene rings is 1. The van der Waals surface area contributed by atoms with Gasteiger partial charge < -0.3 is 11.1 Å². The molecule has 1 rings (SSSR count). The summed E-state index contributed by atoms with van der Waals surface area (Å²) in [6.45, 7) is 0.240. The summed E-state index contributed by atoms with van der Waals surface area (Å²) in [5.74, 6) is -0.390. The molecule has 1 aromatic rings. The zero-order valence-electron chi connectivity index (χ0n) is 10.1. The summed E-state index contributed by atoms with van der Waals surface area (Å²) in [5, 5.41) is 2.34. The van der Waals surface area contributed by atoms with Crippen molar-refractivity contribution in [2.75, 3.05) is 20.1 Å². The number of hydrogen-bond acceptors (Lipinski definition) is 4. The Hall–Kier alpha value is -1.44. The van der Waals surface area contributed by atoms with Crippen LogP contribution in [0.3, 0.4) is 0 Å². The van der Waals surface area contributed by atoms with Crippen molar-refractivity contribution < 1.29 is 13.2 Å². The van der Waals surface area contributed by atoms with Crippen LogP contribution in [0.5, 0.6) is 0 Å². The van der Waals surface area contributed by atoms with Crippen molar-refractivity contribution in [2.45, 2.75) is 11.3 Å². The number of amides is 1. The smallest absolute Gasteiger partial charge is 0.241 e. The highest BCUT2D eigenvalue weighted by molar-refractivity contribution is 7.89. The first-order valence-electron chi connectivity index (χ1n) is 5.49. The summed E-state index contributed by atoms with van der Waals surface area (Å²) in [6, 6.07) is 6.41. The zero-order chi connectivity index (χ0) is 13.6. The van der Waals surface area contributed by atoms with Crippen LogP contribution in [0.25, 0.3) is 0 Å². The molecule has 18 heavy (non-hydrogen) atoms. The topological polar surface area (TPSA) is 101 Å². The van der Waals surface area contributed by atoms with E-state index in [0.717, 1.165) is 5.56 Å². The molecular formula is C11H17N3O3S. The summed E-state index contributed by atoms with van der Waals surface area (Å²) in [7, 11) is -2.20. The maximum atomic E-state index is 11.8. The highest BCUT2D eigenvalue weighted by Gasteiger charge is 2.14. The summed E-state index contributed by atoms with van der Waals surface area (Å²) in [4.78, 5) is 11.1. The fourth-order valence-electron chi connectivity index (χ4n) is 1.33. The van der Waals surface area contributed by atoms with Crippen molar-refractivity contribution in [1.29, 1.82) is 0 Å². The average Bonchev–Trinajstić information content (AvgIpc) is 2.37. The third-order valence-corrected chi connectivity index (χ3v) is 3.79. The number of nitrogens with one attached hydrogen (secondary N) is 2. The minimum atomic E-state index is -3.64. The van der Waals surface area contributed by atoms with Gasteiger partial charge in [-0.25, -0.2) is 13.1 Å². The van der Waals surface area contributed by atoms with Crippen LogP contribution in [0.2, 0.25) is 0 Å². The van der Waals surface area contributed by atoms with Crippen molar-refractivity contribution in [3.63, 3.8) is 0 Å². The van der Waals surface area contributed by atoms with E-state index in [-0.39, 0.29) is 11.4 Å². The molecule has 6 nitrogen and oxygen atoms in total. The number of carbonyl (C=O) groups excluding carboxylic acids is 1. The molecule has 0 fully saturated rings. The van der Waals surface area contributed by atoms with Gasteiger partial charge in [0.05, 0.1) is 11.4 Å². The molecule has 0 unspecified atom stereocenters. The molecule has 0 heterocycles. The first kappa shape index (κ1) is 14.6. The molecule has 0 saturated carbocycles. The summed E-state index contributed by atoms with van der Waals surface area (Å²) in [5.41, 5.74) is 6.38. The van der Waals surface area contributed by atoms with E-state index in [2.05, 4.69) is 10.0 Å². The molecule has 0 spiro atoms. The summed E-state index contributed by atoms with van der Waals surface area (Å²) < 4.78 is 25.8. The molecule has 0 aliphatic heterocycles. The van der Waals surface area contributed by atoms with Crippen LogP contribution >= 0.6 is 0 Å². The second-order valence-corrected chi connectivity index (χ2v) is 5.45. The van der Waals surface area contributed by atoms with E-state index in [4.69, 9.17) is 5.73 Å². The fraction of sp³-hybridized carbons (Fsp3) is 0.364. The molecule has 0 saturated heterocycles. The lowest BCUT2D eigenvalue weighted by atomic mass is 10.2.